The molecule has 6 nitrogen and oxygen atoms in total. The van der Waals surface area contributed by atoms with Crippen molar-refractivity contribution in [2.45, 2.75) is 46.5 Å². The number of nitrogens with one attached hydrogen (secondary N) is 1. The van der Waals surface area contributed by atoms with Crippen LogP contribution >= 0.6 is 11.3 Å². The van der Waals surface area contributed by atoms with Crippen molar-refractivity contribution in [1.82, 2.24) is 10.2 Å². The SMILES string of the molecule is Cc1ccc(N2C[C@@H](c3nnc(NC(=O)CC(C)(C)C)s3)CC2=O)cc1. The molecule has 3 rings (SSSR count). The Bertz CT molecular complexity index is 808. The zero-order chi connectivity index (χ0) is 18.9. The van der Waals surface area contributed by atoms with Crippen LogP contribution in [0.2, 0.25) is 0 Å². The molecule has 2 heterocycles. The highest BCUT2D eigenvalue weighted by Gasteiger charge is 2.34. The first-order valence-electron chi connectivity index (χ1n) is 8.71. The maximum atomic E-state index is 12.4. The van der Waals surface area contributed by atoms with Gasteiger partial charge in [0.15, 0.2) is 0 Å². The Morgan fingerprint density at radius 3 is 2.62 bits per heavy atom. The number of hydrogen-bond acceptors (Lipinski definition) is 5. The lowest BCUT2D eigenvalue weighted by atomic mass is 9.92. The summed E-state index contributed by atoms with van der Waals surface area (Å²) >= 11 is 1.35. The molecule has 1 fully saturated rings. The van der Waals surface area contributed by atoms with Gasteiger partial charge in [0.2, 0.25) is 16.9 Å². The molecule has 1 aliphatic heterocycles. The molecule has 1 aromatic heterocycles. The smallest absolute Gasteiger partial charge is 0.227 e. The summed E-state index contributed by atoms with van der Waals surface area (Å²) in [4.78, 5) is 26.2. The van der Waals surface area contributed by atoms with E-state index in [-0.39, 0.29) is 23.1 Å². The topological polar surface area (TPSA) is 75.2 Å². The monoisotopic (exact) mass is 372 g/mol. The third-order valence-corrected chi connectivity index (χ3v) is 5.20. The van der Waals surface area contributed by atoms with E-state index in [9.17, 15) is 9.59 Å². The molecular weight excluding hydrogens is 348 g/mol. The van der Waals surface area contributed by atoms with Crippen LogP contribution in [-0.4, -0.2) is 28.6 Å². The fraction of sp³-hybridized carbons (Fsp3) is 0.474. The minimum absolute atomic E-state index is 0.00886. The number of carbonyl (C=O) groups excluding carboxylic acids is 2. The van der Waals surface area contributed by atoms with Crippen LogP contribution in [0.5, 0.6) is 0 Å². The van der Waals surface area contributed by atoms with E-state index in [1.807, 2.05) is 52.0 Å². The van der Waals surface area contributed by atoms with Gasteiger partial charge in [0.1, 0.15) is 5.01 Å². The molecule has 0 aliphatic carbocycles. The molecule has 7 heteroatoms. The van der Waals surface area contributed by atoms with Gasteiger partial charge in [0, 0.05) is 31.0 Å². The number of hydrogen-bond donors (Lipinski definition) is 1. The van der Waals surface area contributed by atoms with E-state index in [0.717, 1.165) is 16.3 Å². The van der Waals surface area contributed by atoms with E-state index in [1.54, 1.807) is 4.90 Å². The molecular formula is C19H24N4O2S. The van der Waals surface area contributed by atoms with Crippen LogP contribution in [0.1, 0.15) is 50.1 Å². The van der Waals surface area contributed by atoms with E-state index >= 15 is 0 Å². The second-order valence-corrected chi connectivity index (χ2v) is 8.98. The Morgan fingerprint density at radius 2 is 1.96 bits per heavy atom. The Hall–Kier alpha value is -2.28. The average Bonchev–Trinajstić information content (AvgIpc) is 3.13. The van der Waals surface area contributed by atoms with Crippen molar-refractivity contribution in [3.63, 3.8) is 0 Å². The molecule has 0 spiro atoms. The lowest BCUT2D eigenvalue weighted by Gasteiger charge is -2.16. The third kappa shape index (κ3) is 4.46. The van der Waals surface area contributed by atoms with Gasteiger partial charge in [-0.2, -0.15) is 0 Å². The van der Waals surface area contributed by atoms with E-state index < -0.39 is 0 Å². The highest BCUT2D eigenvalue weighted by Crippen LogP contribution is 2.34. The summed E-state index contributed by atoms with van der Waals surface area (Å²) in [6.07, 6.45) is 0.837. The number of anilines is 2. The Balaban J connectivity index is 1.65. The highest BCUT2D eigenvalue weighted by molar-refractivity contribution is 7.15. The average molecular weight is 372 g/mol. The van der Waals surface area contributed by atoms with Crippen molar-refractivity contribution in [2.75, 3.05) is 16.8 Å². The molecule has 1 N–H and O–H groups in total. The number of nitrogens with zero attached hydrogens (tertiary/aromatic N) is 3. The number of carbonyl (C=O) groups is 2. The summed E-state index contributed by atoms with van der Waals surface area (Å²) in [6.45, 7) is 8.66. The van der Waals surface area contributed by atoms with Crippen LogP contribution in [0.3, 0.4) is 0 Å². The van der Waals surface area contributed by atoms with Crippen molar-refractivity contribution in [2.24, 2.45) is 5.41 Å². The van der Waals surface area contributed by atoms with Crippen LogP contribution in [0.25, 0.3) is 0 Å². The largest absolute Gasteiger partial charge is 0.312 e. The van der Waals surface area contributed by atoms with Gasteiger partial charge < -0.3 is 10.2 Å². The van der Waals surface area contributed by atoms with Crippen LogP contribution in [-0.2, 0) is 9.59 Å². The molecule has 1 saturated heterocycles. The normalized spacial score (nSPS) is 17.6. The first kappa shape index (κ1) is 18.5. The Morgan fingerprint density at radius 1 is 1.27 bits per heavy atom. The summed E-state index contributed by atoms with van der Waals surface area (Å²) in [5.74, 6) is 0.0333. The summed E-state index contributed by atoms with van der Waals surface area (Å²) in [5.41, 5.74) is 1.99. The molecule has 2 amide bonds. The molecule has 1 aromatic carbocycles. The molecule has 2 aromatic rings. The van der Waals surface area contributed by atoms with E-state index in [2.05, 4.69) is 15.5 Å². The van der Waals surface area contributed by atoms with Gasteiger partial charge in [0.25, 0.3) is 0 Å². The third-order valence-electron chi connectivity index (χ3n) is 4.20. The zero-order valence-corrected chi connectivity index (χ0v) is 16.4. The van der Waals surface area contributed by atoms with Crippen molar-refractivity contribution in [3.05, 3.63) is 34.8 Å². The van der Waals surface area contributed by atoms with Gasteiger partial charge in [0.05, 0.1) is 0 Å². The van der Waals surface area contributed by atoms with Gasteiger partial charge in [-0.1, -0.05) is 49.8 Å². The zero-order valence-electron chi connectivity index (χ0n) is 15.6. The van der Waals surface area contributed by atoms with E-state index in [0.29, 0.717) is 24.5 Å². The standard InChI is InChI=1S/C19H24N4O2S/c1-12-5-7-14(8-6-12)23-11-13(9-16(23)25)17-21-22-18(26-17)20-15(24)10-19(2,3)4/h5-8,13H,9-11H2,1-4H3,(H,20,22,24)/t13-/m0/s1. The number of rotatable bonds is 4. The highest BCUT2D eigenvalue weighted by atomic mass is 32.1. The number of aromatic nitrogens is 2. The fourth-order valence-electron chi connectivity index (χ4n) is 2.94. The molecule has 1 atom stereocenters. The summed E-state index contributed by atoms with van der Waals surface area (Å²) in [7, 11) is 0. The fourth-order valence-corrected chi connectivity index (χ4v) is 3.79. The van der Waals surface area contributed by atoms with Gasteiger partial charge in [-0.25, -0.2) is 0 Å². The predicted molar refractivity (Wildman–Crippen MR) is 104 cm³/mol. The first-order chi connectivity index (χ1) is 12.2. The molecule has 0 saturated carbocycles. The van der Waals surface area contributed by atoms with Crippen LogP contribution < -0.4 is 10.2 Å². The van der Waals surface area contributed by atoms with Crippen molar-refractivity contribution in [1.29, 1.82) is 0 Å². The maximum Gasteiger partial charge on any atom is 0.227 e. The van der Waals surface area contributed by atoms with Crippen LogP contribution in [0, 0.1) is 12.3 Å². The molecule has 0 unspecified atom stereocenters. The lowest BCUT2D eigenvalue weighted by Crippen LogP contribution is -2.24. The van der Waals surface area contributed by atoms with Crippen molar-refractivity contribution < 1.29 is 9.59 Å². The molecule has 0 radical (unpaired) electrons. The second kappa shape index (κ2) is 7.15. The van der Waals surface area contributed by atoms with Crippen molar-refractivity contribution >= 4 is 34.0 Å². The quantitative estimate of drug-likeness (QED) is 0.887. The van der Waals surface area contributed by atoms with E-state index in [4.69, 9.17) is 0 Å². The van der Waals surface area contributed by atoms with Gasteiger partial charge >= 0.3 is 0 Å². The molecule has 0 bridgehead atoms. The van der Waals surface area contributed by atoms with Gasteiger partial charge in [-0.3, -0.25) is 9.59 Å². The number of aryl methyl sites for hydroxylation is 1. The van der Waals surface area contributed by atoms with E-state index in [1.165, 1.54) is 11.3 Å². The molecule has 26 heavy (non-hydrogen) atoms. The number of amides is 2. The molecule has 138 valence electrons. The van der Waals surface area contributed by atoms with Crippen LogP contribution in [0.4, 0.5) is 10.8 Å². The van der Waals surface area contributed by atoms with Crippen molar-refractivity contribution in [3.8, 4) is 0 Å². The summed E-state index contributed by atoms with van der Waals surface area (Å²) in [6, 6.07) is 7.94. The molecule has 1 aliphatic rings. The lowest BCUT2D eigenvalue weighted by molar-refractivity contribution is -0.118. The predicted octanol–water partition coefficient (Wildman–Crippen LogP) is 3.74. The summed E-state index contributed by atoms with van der Waals surface area (Å²) < 4.78 is 0. The minimum Gasteiger partial charge on any atom is -0.312 e. The van der Waals surface area contributed by atoms with Crippen LogP contribution in [0.15, 0.2) is 24.3 Å². The Kier molecular flexibility index (Phi) is 5.09. The Labute approximate surface area is 157 Å². The summed E-state index contributed by atoms with van der Waals surface area (Å²) in [5, 5.41) is 12.4. The first-order valence-corrected chi connectivity index (χ1v) is 9.53. The van der Waals surface area contributed by atoms with Gasteiger partial charge in [-0.15, -0.1) is 10.2 Å². The maximum absolute atomic E-state index is 12.4. The van der Waals surface area contributed by atoms with Gasteiger partial charge in [-0.05, 0) is 24.5 Å². The second-order valence-electron chi connectivity index (χ2n) is 7.97. The number of benzene rings is 1. The minimum atomic E-state index is -0.0794.